The van der Waals surface area contributed by atoms with E-state index in [4.69, 9.17) is 27.9 Å². The summed E-state index contributed by atoms with van der Waals surface area (Å²) in [5.41, 5.74) is 2.66. The monoisotopic (exact) mass is 548 g/mol. The first-order chi connectivity index (χ1) is 17.5. The smallest absolute Gasteiger partial charge is 0.305 e. The molecule has 0 amide bonds. The molecule has 2 aromatic carbocycles. The van der Waals surface area contributed by atoms with Gasteiger partial charge >= 0.3 is 5.97 Å². The molecule has 2 aliphatic rings. The number of fused-ring (bicyclic) bond motifs is 2. The summed E-state index contributed by atoms with van der Waals surface area (Å²) in [5, 5.41) is 1.24. The Labute approximate surface area is 230 Å². The maximum atomic E-state index is 11.9. The summed E-state index contributed by atoms with van der Waals surface area (Å²) in [6, 6.07) is 13.1. The lowest BCUT2D eigenvalue weighted by molar-refractivity contribution is -0.144. The first-order valence-electron chi connectivity index (χ1n) is 13.4. The molecule has 0 bridgehead atoms. The molecule has 0 saturated carbocycles. The third-order valence-corrected chi connectivity index (χ3v) is 9.15. The van der Waals surface area contributed by atoms with Gasteiger partial charge in [0.15, 0.2) is 0 Å². The molecule has 0 aliphatic carbocycles. The van der Waals surface area contributed by atoms with Gasteiger partial charge in [-0.3, -0.25) is 9.69 Å². The van der Waals surface area contributed by atoms with Crippen LogP contribution in [-0.2, 0) is 16.0 Å². The zero-order valence-corrected chi connectivity index (χ0v) is 23.6. The van der Waals surface area contributed by atoms with Gasteiger partial charge in [0.25, 0.3) is 0 Å². The van der Waals surface area contributed by atoms with Crippen LogP contribution in [0.15, 0.2) is 46.2 Å². The topological polar surface area (TPSA) is 32.8 Å². The molecule has 36 heavy (non-hydrogen) atoms. The summed E-state index contributed by atoms with van der Waals surface area (Å²) >= 11 is 14.7. The first-order valence-corrected chi connectivity index (χ1v) is 15.0. The maximum Gasteiger partial charge on any atom is 0.305 e. The van der Waals surface area contributed by atoms with Crippen LogP contribution in [0.25, 0.3) is 0 Å². The van der Waals surface area contributed by atoms with Crippen LogP contribution < -0.4 is 0 Å². The van der Waals surface area contributed by atoms with Crippen LogP contribution in [0.5, 0.6) is 0 Å². The fourth-order valence-electron chi connectivity index (χ4n) is 5.15. The molecule has 1 atom stereocenters. The van der Waals surface area contributed by atoms with Crippen LogP contribution in [-0.4, -0.2) is 55.1 Å². The van der Waals surface area contributed by atoms with Crippen molar-refractivity contribution in [2.75, 3.05) is 39.3 Å². The zero-order valence-electron chi connectivity index (χ0n) is 21.3. The van der Waals surface area contributed by atoms with Crippen molar-refractivity contribution in [1.82, 2.24) is 9.80 Å². The predicted octanol–water partition coefficient (Wildman–Crippen LogP) is 7.65. The molecule has 2 aromatic rings. The van der Waals surface area contributed by atoms with Crippen molar-refractivity contribution < 1.29 is 9.53 Å². The van der Waals surface area contributed by atoms with E-state index in [2.05, 4.69) is 47.1 Å². The Morgan fingerprint density at radius 1 is 0.972 bits per heavy atom. The summed E-state index contributed by atoms with van der Waals surface area (Å²) in [7, 11) is 0. The largest absolute Gasteiger partial charge is 0.466 e. The molecule has 4 nitrogen and oxygen atoms in total. The van der Waals surface area contributed by atoms with Gasteiger partial charge in [-0.25, -0.2) is 0 Å². The SMILES string of the molecule is CCCCCCCC(=O)OCCCN1CCN(C2Cc3ccccc3Sc3cc(Cl)c(Cl)cc32)CC1. The van der Waals surface area contributed by atoms with E-state index in [1.807, 2.05) is 6.07 Å². The second kappa shape index (κ2) is 14.1. The average molecular weight is 550 g/mol. The van der Waals surface area contributed by atoms with E-state index >= 15 is 0 Å². The highest BCUT2D eigenvalue weighted by molar-refractivity contribution is 7.99. The van der Waals surface area contributed by atoms with Gasteiger partial charge in [0.2, 0.25) is 0 Å². The third kappa shape index (κ3) is 7.64. The molecule has 196 valence electrons. The quantitative estimate of drug-likeness (QED) is 0.212. The zero-order chi connectivity index (χ0) is 25.3. The lowest BCUT2D eigenvalue weighted by Gasteiger charge is -2.39. The Balaban J connectivity index is 1.26. The maximum absolute atomic E-state index is 11.9. The fourth-order valence-corrected chi connectivity index (χ4v) is 6.70. The fraction of sp³-hybridized carbons (Fsp3) is 0.552. The number of carbonyl (C=O) groups excluding carboxylic acids is 1. The van der Waals surface area contributed by atoms with Crippen molar-refractivity contribution in [2.45, 2.75) is 74.1 Å². The molecule has 4 rings (SSSR count). The Kier molecular flexibility index (Phi) is 10.9. The number of carbonyl (C=O) groups is 1. The van der Waals surface area contributed by atoms with Gasteiger partial charge in [0.05, 0.1) is 16.7 Å². The van der Waals surface area contributed by atoms with Crippen molar-refractivity contribution in [3.05, 3.63) is 57.6 Å². The van der Waals surface area contributed by atoms with Gasteiger partial charge in [-0.05, 0) is 48.6 Å². The van der Waals surface area contributed by atoms with Crippen LogP contribution in [0.4, 0.5) is 0 Å². The Morgan fingerprint density at radius 2 is 1.72 bits per heavy atom. The highest BCUT2D eigenvalue weighted by Crippen LogP contribution is 2.45. The van der Waals surface area contributed by atoms with E-state index in [0.717, 1.165) is 58.4 Å². The highest BCUT2D eigenvalue weighted by Gasteiger charge is 2.30. The van der Waals surface area contributed by atoms with Crippen molar-refractivity contribution in [2.24, 2.45) is 0 Å². The minimum atomic E-state index is -0.0414. The number of nitrogens with zero attached hydrogens (tertiary/aromatic N) is 2. The van der Waals surface area contributed by atoms with E-state index in [0.29, 0.717) is 23.1 Å². The number of ether oxygens (including phenoxy) is 1. The van der Waals surface area contributed by atoms with E-state index in [1.165, 1.54) is 40.2 Å². The number of benzene rings is 2. The molecular formula is C29H38Cl2N2O2S. The van der Waals surface area contributed by atoms with Crippen LogP contribution in [0.3, 0.4) is 0 Å². The second-order valence-corrected chi connectivity index (χ2v) is 11.7. The molecule has 2 heterocycles. The Morgan fingerprint density at radius 3 is 2.53 bits per heavy atom. The normalized spacial score (nSPS) is 18.4. The van der Waals surface area contributed by atoms with E-state index in [1.54, 1.807) is 11.8 Å². The lowest BCUT2D eigenvalue weighted by atomic mass is 9.96. The van der Waals surface area contributed by atoms with Crippen LogP contribution in [0.1, 0.15) is 69.0 Å². The Hall–Kier alpha value is -1.24. The molecule has 1 saturated heterocycles. The molecule has 0 radical (unpaired) electrons. The molecule has 0 aromatic heterocycles. The van der Waals surface area contributed by atoms with E-state index < -0.39 is 0 Å². The molecule has 7 heteroatoms. The van der Waals surface area contributed by atoms with Gasteiger partial charge in [0.1, 0.15) is 0 Å². The molecular weight excluding hydrogens is 511 g/mol. The van der Waals surface area contributed by atoms with Crippen molar-refractivity contribution in [1.29, 1.82) is 0 Å². The number of esters is 1. The minimum Gasteiger partial charge on any atom is -0.466 e. The van der Waals surface area contributed by atoms with Crippen LogP contribution in [0, 0.1) is 0 Å². The van der Waals surface area contributed by atoms with Gasteiger partial charge < -0.3 is 9.64 Å². The van der Waals surface area contributed by atoms with Gasteiger partial charge in [0, 0.05) is 55.0 Å². The summed E-state index contributed by atoms with van der Waals surface area (Å²) < 4.78 is 5.46. The number of halogens is 2. The summed E-state index contributed by atoms with van der Waals surface area (Å²) in [6.07, 6.45) is 8.20. The van der Waals surface area contributed by atoms with Crippen molar-refractivity contribution in [3.63, 3.8) is 0 Å². The summed E-state index contributed by atoms with van der Waals surface area (Å²) in [5.74, 6) is -0.0414. The summed E-state index contributed by atoms with van der Waals surface area (Å²) in [6.45, 7) is 7.76. The summed E-state index contributed by atoms with van der Waals surface area (Å²) in [4.78, 5) is 19.5. The number of hydrogen-bond donors (Lipinski definition) is 0. The average Bonchev–Trinajstić information content (AvgIpc) is 3.04. The number of piperazine rings is 1. The standard InChI is InChI=1S/C29H38Cl2N2O2S/c1-2-3-4-5-6-12-29(34)35-18-9-13-32-14-16-33(17-15-32)26-19-22-10-7-8-11-27(22)36-28-21-25(31)24(30)20-23(26)28/h7-8,10-11,20-21,26H,2-6,9,12-19H2,1H3. The molecule has 0 N–H and O–H groups in total. The number of unbranched alkanes of at least 4 members (excludes halogenated alkanes) is 4. The van der Waals surface area contributed by atoms with Gasteiger partial charge in [-0.2, -0.15) is 0 Å². The second-order valence-electron chi connectivity index (χ2n) is 9.85. The third-order valence-electron chi connectivity index (χ3n) is 7.23. The van der Waals surface area contributed by atoms with E-state index in [-0.39, 0.29) is 12.0 Å². The lowest BCUT2D eigenvalue weighted by Crippen LogP contribution is -2.48. The number of rotatable bonds is 11. The van der Waals surface area contributed by atoms with Gasteiger partial charge in [-0.1, -0.05) is 85.8 Å². The Bertz CT molecular complexity index is 1010. The van der Waals surface area contributed by atoms with Gasteiger partial charge in [-0.15, -0.1) is 0 Å². The first kappa shape index (κ1) is 27.8. The highest BCUT2D eigenvalue weighted by atomic mass is 35.5. The molecule has 1 fully saturated rings. The molecule has 2 aliphatic heterocycles. The molecule has 1 unspecified atom stereocenters. The predicted molar refractivity (Wildman–Crippen MR) is 150 cm³/mol. The van der Waals surface area contributed by atoms with Crippen molar-refractivity contribution >= 4 is 40.9 Å². The molecule has 0 spiro atoms. The van der Waals surface area contributed by atoms with Crippen LogP contribution >= 0.6 is 35.0 Å². The minimum absolute atomic E-state index is 0.0414. The van der Waals surface area contributed by atoms with Crippen molar-refractivity contribution in [3.8, 4) is 0 Å². The van der Waals surface area contributed by atoms with E-state index in [9.17, 15) is 4.79 Å². The van der Waals surface area contributed by atoms with Crippen LogP contribution in [0.2, 0.25) is 10.0 Å². The number of hydrogen-bond acceptors (Lipinski definition) is 5.